The number of aromatic carboxylic acids is 1. The van der Waals surface area contributed by atoms with Gasteiger partial charge in [-0.25, -0.2) is 27.2 Å². The molecule has 0 spiro atoms. The van der Waals surface area contributed by atoms with Crippen LogP contribution in [0.3, 0.4) is 0 Å². The van der Waals surface area contributed by atoms with Gasteiger partial charge in [0.15, 0.2) is 4.21 Å². The fourth-order valence-electron chi connectivity index (χ4n) is 2.26. The van der Waals surface area contributed by atoms with Crippen LogP contribution in [0, 0.1) is 12.7 Å². The highest BCUT2D eigenvalue weighted by atomic mass is 32.2. The average Bonchev–Trinajstić information content (AvgIpc) is 2.99. The quantitative estimate of drug-likeness (QED) is 0.665. The Balaban J connectivity index is 2.59. The highest BCUT2D eigenvalue weighted by Crippen LogP contribution is 2.34. The van der Waals surface area contributed by atoms with E-state index in [0.717, 1.165) is 32.4 Å². The minimum Gasteiger partial charge on any atom is -0.478 e. The van der Waals surface area contributed by atoms with Gasteiger partial charge in [0, 0.05) is 5.69 Å². The number of thiophene rings is 1. The van der Waals surface area contributed by atoms with Gasteiger partial charge in [-0.2, -0.15) is 0 Å². The molecule has 0 amide bonds. The molecule has 0 saturated carbocycles. The Bertz CT molecular complexity index is 1070. The van der Waals surface area contributed by atoms with Gasteiger partial charge in [-0.1, -0.05) is 0 Å². The van der Waals surface area contributed by atoms with Crippen LogP contribution in [-0.2, 0) is 19.5 Å². The molecule has 28 heavy (non-hydrogen) atoms. The van der Waals surface area contributed by atoms with Gasteiger partial charge in [-0.05, 0) is 30.7 Å². The normalized spacial score (nSPS) is 11.0. The fraction of sp³-hybridized carbons (Fsp3) is 0.188. The van der Waals surface area contributed by atoms with Gasteiger partial charge in [0.1, 0.15) is 10.7 Å². The lowest BCUT2D eigenvalue weighted by atomic mass is 10.2. The van der Waals surface area contributed by atoms with Crippen LogP contribution in [0.4, 0.5) is 10.1 Å². The van der Waals surface area contributed by atoms with E-state index in [1.807, 2.05) is 0 Å². The molecule has 2 aromatic rings. The summed E-state index contributed by atoms with van der Waals surface area (Å²) < 4.78 is 49.8. The number of carbonyl (C=O) groups excluding carboxylic acids is 2. The van der Waals surface area contributed by atoms with E-state index in [-0.39, 0.29) is 21.7 Å². The Morgan fingerprint density at radius 3 is 2.29 bits per heavy atom. The molecular formula is C16H14FNO8S2. The van der Waals surface area contributed by atoms with E-state index in [4.69, 9.17) is 5.11 Å². The lowest BCUT2D eigenvalue weighted by Crippen LogP contribution is -2.16. The fourth-order valence-corrected chi connectivity index (χ4v) is 5.05. The van der Waals surface area contributed by atoms with Gasteiger partial charge in [-0.15, -0.1) is 11.3 Å². The van der Waals surface area contributed by atoms with Crippen LogP contribution in [0.1, 0.15) is 36.0 Å². The molecule has 150 valence electrons. The van der Waals surface area contributed by atoms with Crippen molar-refractivity contribution in [2.75, 3.05) is 18.9 Å². The first-order valence-corrected chi connectivity index (χ1v) is 9.69. The van der Waals surface area contributed by atoms with Crippen molar-refractivity contribution in [3.8, 4) is 0 Å². The van der Waals surface area contributed by atoms with Crippen LogP contribution in [0.2, 0.25) is 0 Å². The summed E-state index contributed by atoms with van der Waals surface area (Å²) in [6.45, 7) is 1.36. The molecule has 1 aromatic carbocycles. The Morgan fingerprint density at radius 2 is 1.75 bits per heavy atom. The lowest BCUT2D eigenvalue weighted by molar-refractivity contribution is 0.0595. The number of esters is 2. The molecule has 0 radical (unpaired) electrons. The number of nitrogens with one attached hydrogen (secondary N) is 1. The first-order valence-electron chi connectivity index (χ1n) is 7.39. The van der Waals surface area contributed by atoms with Crippen LogP contribution >= 0.6 is 11.3 Å². The molecule has 1 heterocycles. The van der Waals surface area contributed by atoms with Crippen LogP contribution in [-0.4, -0.2) is 45.7 Å². The number of hydrogen-bond donors (Lipinski definition) is 2. The molecule has 0 aliphatic rings. The van der Waals surface area contributed by atoms with Crippen molar-refractivity contribution in [3.05, 3.63) is 45.6 Å². The topological polar surface area (TPSA) is 136 Å². The Hall–Kier alpha value is -2.99. The number of carboxylic acid groups (broad SMARTS) is 1. The molecule has 0 unspecified atom stereocenters. The van der Waals surface area contributed by atoms with Crippen molar-refractivity contribution in [1.29, 1.82) is 0 Å². The van der Waals surface area contributed by atoms with Crippen molar-refractivity contribution in [2.45, 2.75) is 11.1 Å². The number of anilines is 1. The summed E-state index contributed by atoms with van der Waals surface area (Å²) in [7, 11) is -2.32. The monoisotopic (exact) mass is 431 g/mol. The Labute approximate surface area is 162 Å². The zero-order valence-corrected chi connectivity index (χ0v) is 16.4. The number of halogens is 1. The summed E-state index contributed by atoms with van der Waals surface area (Å²) >= 11 is 0.486. The lowest BCUT2D eigenvalue weighted by Gasteiger charge is -2.09. The zero-order chi connectivity index (χ0) is 21.2. The summed E-state index contributed by atoms with van der Waals surface area (Å²) in [4.78, 5) is 34.8. The molecule has 1 aromatic heterocycles. The predicted molar refractivity (Wildman–Crippen MR) is 95.9 cm³/mol. The van der Waals surface area contributed by atoms with Gasteiger partial charge in [0.05, 0.1) is 25.3 Å². The minimum absolute atomic E-state index is 0.0504. The predicted octanol–water partition coefficient (Wildman–Crippen LogP) is 2.27. The zero-order valence-electron chi connectivity index (χ0n) is 14.7. The molecule has 0 atom stereocenters. The van der Waals surface area contributed by atoms with Gasteiger partial charge >= 0.3 is 17.9 Å². The van der Waals surface area contributed by atoms with Gasteiger partial charge < -0.3 is 14.6 Å². The SMILES string of the molecule is COC(=O)c1sc(S(=O)(=O)Nc2ccc(F)c(C(=O)O)c2)c(C(=O)OC)c1C. The largest absolute Gasteiger partial charge is 0.478 e. The molecule has 0 aliphatic carbocycles. The molecule has 2 rings (SSSR count). The third-order valence-corrected chi connectivity index (χ3v) is 6.74. The molecular weight excluding hydrogens is 417 g/mol. The summed E-state index contributed by atoms with van der Waals surface area (Å²) in [6.07, 6.45) is 0. The van der Waals surface area contributed by atoms with Gasteiger partial charge in [0.2, 0.25) is 0 Å². The van der Waals surface area contributed by atoms with E-state index in [1.165, 1.54) is 6.92 Å². The van der Waals surface area contributed by atoms with Crippen molar-refractivity contribution in [1.82, 2.24) is 0 Å². The number of methoxy groups -OCH3 is 2. The van der Waals surface area contributed by atoms with E-state index in [9.17, 15) is 27.2 Å². The van der Waals surface area contributed by atoms with E-state index in [2.05, 4.69) is 14.2 Å². The molecule has 0 bridgehead atoms. The molecule has 12 heteroatoms. The van der Waals surface area contributed by atoms with E-state index < -0.39 is 43.5 Å². The number of hydrogen-bond acceptors (Lipinski definition) is 8. The summed E-state index contributed by atoms with van der Waals surface area (Å²) in [6, 6.07) is 2.58. The number of benzene rings is 1. The molecule has 0 fully saturated rings. The third-order valence-electron chi connectivity index (χ3n) is 3.57. The first kappa shape index (κ1) is 21.3. The first-order chi connectivity index (χ1) is 13.0. The Kier molecular flexibility index (Phi) is 6.04. The van der Waals surface area contributed by atoms with Crippen LogP contribution in [0.5, 0.6) is 0 Å². The standard InChI is InChI=1S/C16H14FNO8S2/c1-7-11(14(21)25-2)16(27-12(7)15(22)26-3)28(23,24)18-8-4-5-10(17)9(6-8)13(19)20/h4-6,18H,1-3H3,(H,19,20). The Morgan fingerprint density at radius 1 is 1.14 bits per heavy atom. The molecule has 2 N–H and O–H groups in total. The number of carboxylic acids is 1. The van der Waals surface area contributed by atoms with Crippen molar-refractivity contribution >= 4 is 45.0 Å². The summed E-state index contributed by atoms with van der Waals surface area (Å²) in [5, 5.41) is 8.95. The number of sulfonamides is 1. The summed E-state index contributed by atoms with van der Waals surface area (Å²) in [5.74, 6) is -4.47. The molecule has 0 saturated heterocycles. The third kappa shape index (κ3) is 3.97. The number of rotatable bonds is 6. The van der Waals surface area contributed by atoms with Crippen LogP contribution in [0.15, 0.2) is 22.4 Å². The maximum Gasteiger partial charge on any atom is 0.348 e. The van der Waals surface area contributed by atoms with Crippen LogP contribution < -0.4 is 4.72 Å². The van der Waals surface area contributed by atoms with E-state index >= 15 is 0 Å². The molecule has 9 nitrogen and oxygen atoms in total. The van der Waals surface area contributed by atoms with Gasteiger partial charge in [-0.3, -0.25) is 4.72 Å². The maximum atomic E-state index is 13.5. The van der Waals surface area contributed by atoms with E-state index in [1.54, 1.807) is 0 Å². The van der Waals surface area contributed by atoms with Crippen LogP contribution in [0.25, 0.3) is 0 Å². The second-order valence-corrected chi connectivity index (χ2v) is 8.21. The number of carbonyl (C=O) groups is 3. The van der Waals surface area contributed by atoms with Crippen molar-refractivity contribution < 1.29 is 41.8 Å². The second kappa shape index (κ2) is 7.94. The second-order valence-electron chi connectivity index (χ2n) is 5.31. The average molecular weight is 431 g/mol. The van der Waals surface area contributed by atoms with Crippen molar-refractivity contribution in [3.63, 3.8) is 0 Å². The highest BCUT2D eigenvalue weighted by molar-refractivity contribution is 7.94. The van der Waals surface area contributed by atoms with E-state index in [0.29, 0.717) is 11.3 Å². The summed E-state index contributed by atoms with van der Waals surface area (Å²) in [5.41, 5.74) is -1.30. The van der Waals surface area contributed by atoms with Gasteiger partial charge in [0.25, 0.3) is 10.0 Å². The van der Waals surface area contributed by atoms with Crippen molar-refractivity contribution in [2.24, 2.45) is 0 Å². The smallest absolute Gasteiger partial charge is 0.348 e. The highest BCUT2D eigenvalue weighted by Gasteiger charge is 2.33. The minimum atomic E-state index is -4.45. The molecule has 0 aliphatic heterocycles. The number of ether oxygens (including phenoxy) is 2. The maximum absolute atomic E-state index is 13.5.